The molecule has 0 aromatic carbocycles. The van der Waals surface area contributed by atoms with Crippen LogP contribution in [0.5, 0.6) is 0 Å². The SMILES string of the molecule is Cc1[nH]nc(-c2cc(S(=O)(=O)NC3CCC(C)CC3)c(C)s2)c1C. The number of nitrogens with one attached hydrogen (secondary N) is 2. The number of aromatic nitrogens is 2. The molecular weight excluding hydrogens is 342 g/mol. The van der Waals surface area contributed by atoms with Gasteiger partial charge in [-0.05, 0) is 64.0 Å². The largest absolute Gasteiger partial charge is 0.282 e. The van der Waals surface area contributed by atoms with Crippen molar-refractivity contribution in [2.45, 2.75) is 64.3 Å². The molecule has 0 atom stereocenters. The average molecular weight is 368 g/mol. The zero-order valence-corrected chi connectivity index (χ0v) is 16.3. The van der Waals surface area contributed by atoms with Crippen LogP contribution < -0.4 is 4.72 Å². The van der Waals surface area contributed by atoms with Crippen molar-refractivity contribution < 1.29 is 8.42 Å². The Morgan fingerprint density at radius 1 is 1.21 bits per heavy atom. The number of sulfonamides is 1. The van der Waals surface area contributed by atoms with Gasteiger partial charge in [0.25, 0.3) is 0 Å². The second-order valence-corrected chi connectivity index (χ2v) is 9.87. The highest BCUT2D eigenvalue weighted by Gasteiger charge is 2.27. The molecule has 7 heteroatoms. The first-order valence-electron chi connectivity index (χ1n) is 8.42. The molecule has 0 unspecified atom stereocenters. The van der Waals surface area contributed by atoms with E-state index in [1.807, 2.05) is 20.8 Å². The first-order chi connectivity index (χ1) is 11.3. The smallest absolute Gasteiger partial charge is 0.241 e. The summed E-state index contributed by atoms with van der Waals surface area (Å²) in [6.45, 7) is 8.06. The van der Waals surface area contributed by atoms with Crippen LogP contribution in [-0.4, -0.2) is 24.7 Å². The molecule has 0 amide bonds. The highest BCUT2D eigenvalue weighted by atomic mass is 32.2. The fourth-order valence-electron chi connectivity index (χ4n) is 3.23. The number of aryl methyl sites for hydroxylation is 2. The standard InChI is InChI=1S/C17H25N3O2S2/c1-10-5-7-14(8-6-10)20-24(21,22)16-9-15(23-13(16)4)17-11(2)12(3)18-19-17/h9-10,14,20H,5-8H2,1-4H3,(H,18,19). The lowest BCUT2D eigenvalue weighted by molar-refractivity contribution is 0.332. The summed E-state index contributed by atoms with van der Waals surface area (Å²) in [4.78, 5) is 2.09. The Labute approximate surface area is 147 Å². The van der Waals surface area contributed by atoms with Gasteiger partial charge in [0.1, 0.15) is 5.69 Å². The summed E-state index contributed by atoms with van der Waals surface area (Å²) in [6.07, 6.45) is 4.03. The Kier molecular flexibility index (Phi) is 4.86. The van der Waals surface area contributed by atoms with Crippen LogP contribution in [0.2, 0.25) is 0 Å². The van der Waals surface area contributed by atoms with Crippen LogP contribution in [0.4, 0.5) is 0 Å². The van der Waals surface area contributed by atoms with Gasteiger partial charge in [0.05, 0.1) is 9.77 Å². The van der Waals surface area contributed by atoms with Gasteiger partial charge < -0.3 is 0 Å². The van der Waals surface area contributed by atoms with Crippen LogP contribution in [0.25, 0.3) is 10.6 Å². The predicted octanol–water partition coefficient (Wildman–Crippen LogP) is 3.92. The van der Waals surface area contributed by atoms with Crippen molar-refractivity contribution in [3.8, 4) is 10.6 Å². The Hall–Kier alpha value is -1.18. The monoisotopic (exact) mass is 367 g/mol. The number of thiophene rings is 1. The third-order valence-corrected chi connectivity index (χ3v) is 7.82. The molecule has 2 heterocycles. The summed E-state index contributed by atoms with van der Waals surface area (Å²) >= 11 is 1.48. The molecule has 1 saturated carbocycles. The highest BCUT2D eigenvalue weighted by Crippen LogP contribution is 2.35. The summed E-state index contributed by atoms with van der Waals surface area (Å²) in [5, 5.41) is 7.28. The molecule has 24 heavy (non-hydrogen) atoms. The molecule has 2 N–H and O–H groups in total. The van der Waals surface area contributed by atoms with Gasteiger partial charge in [-0.2, -0.15) is 5.10 Å². The van der Waals surface area contributed by atoms with Gasteiger partial charge in [0, 0.05) is 16.6 Å². The average Bonchev–Trinajstić information content (AvgIpc) is 3.06. The van der Waals surface area contributed by atoms with Gasteiger partial charge in [0.2, 0.25) is 10.0 Å². The molecule has 1 aliphatic rings. The zero-order chi connectivity index (χ0) is 17.5. The molecule has 0 radical (unpaired) electrons. The van der Waals surface area contributed by atoms with E-state index in [1.54, 1.807) is 6.07 Å². The van der Waals surface area contributed by atoms with E-state index in [4.69, 9.17) is 0 Å². The lowest BCUT2D eigenvalue weighted by Gasteiger charge is -2.26. The minimum atomic E-state index is -3.48. The zero-order valence-electron chi connectivity index (χ0n) is 14.6. The molecule has 0 saturated heterocycles. The van der Waals surface area contributed by atoms with Crippen LogP contribution in [-0.2, 0) is 10.0 Å². The van der Waals surface area contributed by atoms with Gasteiger partial charge in [-0.3, -0.25) is 5.10 Å². The Morgan fingerprint density at radius 2 is 1.88 bits per heavy atom. The fourth-order valence-corrected chi connectivity index (χ4v) is 6.18. The van der Waals surface area contributed by atoms with Gasteiger partial charge >= 0.3 is 0 Å². The van der Waals surface area contributed by atoms with Gasteiger partial charge in [-0.15, -0.1) is 11.3 Å². The van der Waals surface area contributed by atoms with Crippen LogP contribution in [0, 0.1) is 26.7 Å². The summed E-state index contributed by atoms with van der Waals surface area (Å²) < 4.78 is 28.5. The summed E-state index contributed by atoms with van der Waals surface area (Å²) in [6, 6.07) is 1.82. The maximum Gasteiger partial charge on any atom is 0.241 e. The molecule has 2 aromatic rings. The van der Waals surface area contributed by atoms with Crippen LogP contribution in [0.3, 0.4) is 0 Å². The Balaban J connectivity index is 1.85. The third-order valence-electron chi connectivity index (χ3n) is 4.99. The molecule has 5 nitrogen and oxygen atoms in total. The summed E-state index contributed by atoms with van der Waals surface area (Å²) in [7, 11) is -3.48. The van der Waals surface area contributed by atoms with Crippen molar-refractivity contribution >= 4 is 21.4 Å². The van der Waals surface area contributed by atoms with Crippen LogP contribution in [0.15, 0.2) is 11.0 Å². The van der Waals surface area contributed by atoms with Crippen molar-refractivity contribution in [1.82, 2.24) is 14.9 Å². The molecule has 3 rings (SSSR count). The van der Waals surface area contributed by atoms with Crippen LogP contribution >= 0.6 is 11.3 Å². The van der Waals surface area contributed by atoms with E-state index < -0.39 is 10.0 Å². The van der Waals surface area contributed by atoms with Crippen molar-refractivity contribution in [3.63, 3.8) is 0 Å². The second kappa shape index (κ2) is 6.61. The summed E-state index contributed by atoms with van der Waals surface area (Å²) in [5.74, 6) is 0.700. The van der Waals surface area contributed by atoms with E-state index in [0.717, 1.165) is 52.4 Å². The number of hydrogen-bond donors (Lipinski definition) is 2. The molecule has 1 fully saturated rings. The molecule has 132 valence electrons. The van der Waals surface area contributed by atoms with Gasteiger partial charge in [-0.25, -0.2) is 13.1 Å². The van der Waals surface area contributed by atoms with E-state index in [0.29, 0.717) is 10.8 Å². The number of hydrogen-bond acceptors (Lipinski definition) is 4. The molecule has 2 aromatic heterocycles. The maximum atomic E-state index is 12.8. The highest BCUT2D eigenvalue weighted by molar-refractivity contribution is 7.89. The van der Waals surface area contributed by atoms with E-state index >= 15 is 0 Å². The minimum absolute atomic E-state index is 0.0586. The van der Waals surface area contributed by atoms with E-state index in [1.165, 1.54) is 11.3 Å². The minimum Gasteiger partial charge on any atom is -0.282 e. The topological polar surface area (TPSA) is 74.8 Å². The lowest BCUT2D eigenvalue weighted by Crippen LogP contribution is -2.37. The second-order valence-electron chi connectivity index (χ2n) is 6.93. The molecular formula is C17H25N3O2S2. The predicted molar refractivity (Wildman–Crippen MR) is 97.9 cm³/mol. The van der Waals surface area contributed by atoms with E-state index in [2.05, 4.69) is 21.8 Å². The first-order valence-corrected chi connectivity index (χ1v) is 10.7. The summed E-state index contributed by atoms with van der Waals surface area (Å²) in [5.41, 5.74) is 2.91. The maximum absolute atomic E-state index is 12.8. The van der Waals surface area contributed by atoms with Gasteiger partial charge in [-0.1, -0.05) is 6.92 Å². The molecule has 1 aliphatic carbocycles. The number of nitrogens with zero attached hydrogens (tertiary/aromatic N) is 1. The quantitative estimate of drug-likeness (QED) is 0.860. The van der Waals surface area contributed by atoms with Crippen molar-refractivity contribution in [1.29, 1.82) is 0 Å². The Bertz CT molecular complexity index is 828. The Morgan fingerprint density at radius 3 is 2.46 bits per heavy atom. The van der Waals surface area contributed by atoms with Crippen LogP contribution in [0.1, 0.15) is 48.7 Å². The molecule has 0 aliphatic heterocycles. The van der Waals surface area contributed by atoms with E-state index in [-0.39, 0.29) is 6.04 Å². The van der Waals surface area contributed by atoms with Crippen molar-refractivity contribution in [3.05, 3.63) is 22.2 Å². The van der Waals surface area contributed by atoms with Crippen molar-refractivity contribution in [2.75, 3.05) is 0 Å². The van der Waals surface area contributed by atoms with Gasteiger partial charge in [0.15, 0.2) is 0 Å². The third kappa shape index (κ3) is 3.43. The van der Waals surface area contributed by atoms with Crippen molar-refractivity contribution in [2.24, 2.45) is 5.92 Å². The lowest BCUT2D eigenvalue weighted by atomic mass is 9.88. The normalized spacial score (nSPS) is 22.0. The molecule has 0 bridgehead atoms. The number of rotatable bonds is 4. The first kappa shape index (κ1) is 17.6. The molecule has 0 spiro atoms. The number of H-pyrrole nitrogens is 1. The fraction of sp³-hybridized carbons (Fsp3) is 0.588. The van der Waals surface area contributed by atoms with E-state index in [9.17, 15) is 8.42 Å². The number of aromatic amines is 1.